The van der Waals surface area contributed by atoms with Crippen LogP contribution in [0.25, 0.3) is 0 Å². The molecule has 1 aliphatic rings. The number of hydrogen-bond donors (Lipinski definition) is 0. The van der Waals surface area contributed by atoms with E-state index in [1.54, 1.807) is 12.1 Å². The lowest BCUT2D eigenvalue weighted by Crippen LogP contribution is -2.35. The minimum atomic E-state index is -0.0971. The van der Waals surface area contributed by atoms with Crippen LogP contribution in [0.2, 0.25) is 5.02 Å². The van der Waals surface area contributed by atoms with Crippen LogP contribution in [0.3, 0.4) is 0 Å². The average Bonchev–Trinajstić information content (AvgIpc) is 2.93. The quantitative estimate of drug-likeness (QED) is 0.777. The highest BCUT2D eigenvalue weighted by Gasteiger charge is 2.25. The number of ether oxygens (including phenoxy) is 2. The standard InChI is InChI=1S/C19H24ClN3O4/c1-13-11-14(21-27-13)12-22-7-4-8-23(10-9-22)19(24)15-5-6-16(25-2)18(26-3)17(15)20/h5-6,11H,4,7-10,12H2,1-3H3. The maximum atomic E-state index is 13.0. The molecule has 0 atom stereocenters. The van der Waals surface area contributed by atoms with Gasteiger partial charge in [-0.2, -0.15) is 0 Å². The largest absolute Gasteiger partial charge is 0.493 e. The molecule has 7 nitrogen and oxygen atoms in total. The Morgan fingerprint density at radius 3 is 2.70 bits per heavy atom. The Kier molecular flexibility index (Phi) is 6.23. The van der Waals surface area contributed by atoms with Gasteiger partial charge in [0.15, 0.2) is 11.5 Å². The monoisotopic (exact) mass is 393 g/mol. The molecule has 1 saturated heterocycles. The minimum absolute atomic E-state index is 0.0971. The van der Waals surface area contributed by atoms with Crippen molar-refractivity contribution in [3.63, 3.8) is 0 Å². The Bertz CT molecular complexity index is 808. The Balaban J connectivity index is 1.69. The third kappa shape index (κ3) is 4.36. The second-order valence-electron chi connectivity index (χ2n) is 6.51. The van der Waals surface area contributed by atoms with Crippen LogP contribution in [0.1, 0.15) is 28.2 Å². The second-order valence-corrected chi connectivity index (χ2v) is 6.89. The van der Waals surface area contributed by atoms with E-state index in [1.165, 1.54) is 14.2 Å². The molecule has 0 saturated carbocycles. The van der Waals surface area contributed by atoms with E-state index in [0.717, 1.165) is 37.5 Å². The van der Waals surface area contributed by atoms with Crippen molar-refractivity contribution >= 4 is 17.5 Å². The second kappa shape index (κ2) is 8.63. The number of halogens is 1. The van der Waals surface area contributed by atoms with Crippen molar-refractivity contribution in [1.82, 2.24) is 15.0 Å². The molecule has 0 spiro atoms. The van der Waals surface area contributed by atoms with E-state index in [2.05, 4.69) is 10.1 Å². The summed E-state index contributed by atoms with van der Waals surface area (Å²) in [6.07, 6.45) is 0.882. The van der Waals surface area contributed by atoms with Crippen LogP contribution in [0.5, 0.6) is 11.5 Å². The summed E-state index contributed by atoms with van der Waals surface area (Å²) in [5.41, 5.74) is 1.34. The Hall–Kier alpha value is -2.25. The lowest BCUT2D eigenvalue weighted by atomic mass is 10.1. The molecule has 0 unspecified atom stereocenters. The molecule has 1 aliphatic heterocycles. The SMILES string of the molecule is COc1ccc(C(=O)N2CCCN(Cc3cc(C)on3)CC2)c(Cl)c1OC. The van der Waals surface area contributed by atoms with Gasteiger partial charge in [0.1, 0.15) is 5.76 Å². The van der Waals surface area contributed by atoms with Gasteiger partial charge in [-0.1, -0.05) is 16.8 Å². The van der Waals surface area contributed by atoms with Gasteiger partial charge >= 0.3 is 0 Å². The molecule has 1 amide bonds. The van der Waals surface area contributed by atoms with E-state index in [1.807, 2.05) is 17.9 Å². The molecule has 0 N–H and O–H groups in total. The third-order valence-corrected chi connectivity index (χ3v) is 5.03. The predicted molar refractivity (Wildman–Crippen MR) is 102 cm³/mol. The van der Waals surface area contributed by atoms with Crippen molar-refractivity contribution in [2.75, 3.05) is 40.4 Å². The molecule has 0 bridgehead atoms. The van der Waals surface area contributed by atoms with Gasteiger partial charge in [-0.05, 0) is 25.5 Å². The molecule has 1 aromatic carbocycles. The number of benzene rings is 1. The first-order chi connectivity index (χ1) is 13.0. The molecular weight excluding hydrogens is 370 g/mol. The third-order valence-electron chi connectivity index (χ3n) is 4.65. The number of aromatic nitrogens is 1. The summed E-state index contributed by atoms with van der Waals surface area (Å²) in [6, 6.07) is 5.33. The molecule has 146 valence electrons. The Morgan fingerprint density at radius 1 is 1.22 bits per heavy atom. The summed E-state index contributed by atoms with van der Waals surface area (Å²) >= 11 is 6.40. The van der Waals surface area contributed by atoms with Crippen molar-refractivity contribution in [2.45, 2.75) is 19.9 Å². The normalized spacial score (nSPS) is 15.5. The summed E-state index contributed by atoms with van der Waals surface area (Å²) in [4.78, 5) is 17.1. The summed E-state index contributed by atoms with van der Waals surface area (Å²) < 4.78 is 15.7. The van der Waals surface area contributed by atoms with Crippen molar-refractivity contribution in [3.8, 4) is 11.5 Å². The van der Waals surface area contributed by atoms with Crippen LogP contribution in [0, 0.1) is 6.92 Å². The maximum absolute atomic E-state index is 13.0. The van der Waals surface area contributed by atoms with E-state index in [0.29, 0.717) is 30.2 Å². The Morgan fingerprint density at radius 2 is 2.04 bits per heavy atom. The maximum Gasteiger partial charge on any atom is 0.255 e. The summed E-state index contributed by atoms with van der Waals surface area (Å²) in [7, 11) is 3.04. The Labute approximate surface area is 163 Å². The van der Waals surface area contributed by atoms with Crippen LogP contribution in [0.4, 0.5) is 0 Å². The minimum Gasteiger partial charge on any atom is -0.493 e. The molecule has 27 heavy (non-hydrogen) atoms. The zero-order chi connectivity index (χ0) is 19.4. The summed E-state index contributed by atoms with van der Waals surface area (Å²) in [6.45, 7) is 5.57. The first kappa shape index (κ1) is 19.5. The van der Waals surface area contributed by atoms with Crippen LogP contribution in [0.15, 0.2) is 22.7 Å². The first-order valence-corrected chi connectivity index (χ1v) is 9.25. The van der Waals surface area contributed by atoms with Crippen molar-refractivity contribution < 1.29 is 18.8 Å². The molecule has 2 heterocycles. The number of rotatable bonds is 5. The van der Waals surface area contributed by atoms with Gasteiger partial charge < -0.3 is 18.9 Å². The van der Waals surface area contributed by atoms with Crippen LogP contribution >= 0.6 is 11.6 Å². The lowest BCUT2D eigenvalue weighted by molar-refractivity contribution is 0.0760. The number of hydrogen-bond acceptors (Lipinski definition) is 6. The van der Waals surface area contributed by atoms with Crippen molar-refractivity contribution in [1.29, 1.82) is 0 Å². The van der Waals surface area contributed by atoms with Crippen LogP contribution in [-0.2, 0) is 6.54 Å². The van der Waals surface area contributed by atoms with E-state index < -0.39 is 0 Å². The molecule has 0 aliphatic carbocycles. The van der Waals surface area contributed by atoms with Gasteiger partial charge in [0.05, 0.1) is 30.5 Å². The van der Waals surface area contributed by atoms with Gasteiger partial charge in [0.25, 0.3) is 5.91 Å². The topological polar surface area (TPSA) is 68.0 Å². The van der Waals surface area contributed by atoms with Gasteiger partial charge in [0.2, 0.25) is 0 Å². The highest BCUT2D eigenvalue weighted by molar-refractivity contribution is 6.35. The molecule has 0 radical (unpaired) electrons. The zero-order valence-corrected chi connectivity index (χ0v) is 16.6. The fraction of sp³-hybridized carbons (Fsp3) is 0.474. The number of carbonyl (C=O) groups is 1. The van der Waals surface area contributed by atoms with Gasteiger partial charge in [-0.25, -0.2) is 0 Å². The summed E-state index contributed by atoms with van der Waals surface area (Å²) in [5.74, 6) is 1.59. The van der Waals surface area contributed by atoms with E-state index in [9.17, 15) is 4.79 Å². The molecule has 1 aromatic heterocycles. The van der Waals surface area contributed by atoms with E-state index in [-0.39, 0.29) is 10.9 Å². The van der Waals surface area contributed by atoms with Crippen LogP contribution in [-0.4, -0.2) is 61.3 Å². The molecular formula is C19H24ClN3O4. The van der Waals surface area contributed by atoms with Crippen molar-refractivity contribution in [2.24, 2.45) is 0 Å². The predicted octanol–water partition coefficient (Wildman–Crippen LogP) is 3.00. The number of methoxy groups -OCH3 is 2. The summed E-state index contributed by atoms with van der Waals surface area (Å²) in [5, 5.41) is 4.33. The number of carbonyl (C=O) groups excluding carboxylic acids is 1. The van der Waals surface area contributed by atoms with Gasteiger partial charge in [-0.15, -0.1) is 0 Å². The first-order valence-electron chi connectivity index (χ1n) is 8.87. The number of nitrogens with zero attached hydrogens (tertiary/aromatic N) is 3. The average molecular weight is 394 g/mol. The molecule has 2 aromatic rings. The van der Waals surface area contributed by atoms with E-state index >= 15 is 0 Å². The fourth-order valence-corrected chi connectivity index (χ4v) is 3.59. The number of amides is 1. The smallest absolute Gasteiger partial charge is 0.255 e. The zero-order valence-electron chi connectivity index (χ0n) is 15.8. The fourth-order valence-electron chi connectivity index (χ4n) is 3.28. The molecule has 1 fully saturated rings. The highest BCUT2D eigenvalue weighted by atomic mass is 35.5. The molecule has 8 heteroatoms. The highest BCUT2D eigenvalue weighted by Crippen LogP contribution is 2.37. The van der Waals surface area contributed by atoms with Gasteiger partial charge in [0, 0.05) is 38.8 Å². The number of aryl methyl sites for hydroxylation is 1. The lowest BCUT2D eigenvalue weighted by Gasteiger charge is -2.22. The van der Waals surface area contributed by atoms with E-state index in [4.69, 9.17) is 25.6 Å². The van der Waals surface area contributed by atoms with Gasteiger partial charge in [-0.3, -0.25) is 9.69 Å². The van der Waals surface area contributed by atoms with Crippen LogP contribution < -0.4 is 9.47 Å². The molecule has 3 rings (SSSR count). The van der Waals surface area contributed by atoms with Crippen molar-refractivity contribution in [3.05, 3.63) is 40.2 Å².